The van der Waals surface area contributed by atoms with Crippen LogP contribution in [0.25, 0.3) is 110 Å². The summed E-state index contributed by atoms with van der Waals surface area (Å²) in [5.74, 6) is 0. The molecule has 0 spiro atoms. The van der Waals surface area contributed by atoms with Crippen LogP contribution in [0.15, 0.2) is 203 Å². The molecule has 2 aromatic heterocycles. The Hall–Kier alpha value is -7.16. The fraction of sp³-hybridized carbons (Fsp3) is 0. The van der Waals surface area contributed by atoms with Gasteiger partial charge in [0.25, 0.3) is 0 Å². The highest BCUT2D eigenvalue weighted by molar-refractivity contribution is 6.29. The molecule has 0 bridgehead atoms. The molecule has 0 aliphatic heterocycles. The van der Waals surface area contributed by atoms with E-state index in [0.29, 0.717) is 0 Å². The molecule has 0 aliphatic carbocycles. The standard InChI is InChI=1S/C52H32O2/c1-4-16-33(17-5-1)36-30-37(34-18-6-2-7-19-34)32-38(31-36)47-40-22-10-11-23-41(40)48(49-44-24-12-13-29-46(44)53-52(47)49)45-28-15-27-43-42-26-14-25-39(50(42)54-51(43)45)35-20-8-3-9-21-35/h1-32H. The molecule has 0 unspecified atom stereocenters. The fourth-order valence-electron chi connectivity index (χ4n) is 8.44. The number of fused-ring (bicyclic) bond motifs is 7. The van der Waals surface area contributed by atoms with Crippen LogP contribution < -0.4 is 0 Å². The third-order valence-corrected chi connectivity index (χ3v) is 10.9. The summed E-state index contributed by atoms with van der Waals surface area (Å²) in [4.78, 5) is 0. The fourth-order valence-corrected chi connectivity index (χ4v) is 8.44. The highest BCUT2D eigenvalue weighted by atomic mass is 16.3. The summed E-state index contributed by atoms with van der Waals surface area (Å²) in [6.07, 6.45) is 0. The van der Waals surface area contributed by atoms with Crippen molar-refractivity contribution >= 4 is 54.6 Å². The number of hydrogen-bond donors (Lipinski definition) is 0. The number of rotatable bonds is 5. The molecule has 54 heavy (non-hydrogen) atoms. The minimum atomic E-state index is 0.857. The van der Waals surface area contributed by atoms with Crippen molar-refractivity contribution in [3.05, 3.63) is 194 Å². The van der Waals surface area contributed by atoms with Crippen molar-refractivity contribution in [2.45, 2.75) is 0 Å². The van der Waals surface area contributed by atoms with Crippen molar-refractivity contribution in [2.24, 2.45) is 0 Å². The summed E-state index contributed by atoms with van der Waals surface area (Å²) < 4.78 is 14.0. The Morgan fingerprint density at radius 1 is 0.259 bits per heavy atom. The average molecular weight is 689 g/mol. The van der Waals surface area contributed by atoms with Gasteiger partial charge in [-0.2, -0.15) is 0 Å². The second-order valence-electron chi connectivity index (χ2n) is 14.0. The van der Waals surface area contributed by atoms with Crippen molar-refractivity contribution < 1.29 is 8.83 Å². The monoisotopic (exact) mass is 688 g/mol. The van der Waals surface area contributed by atoms with Gasteiger partial charge in [0.2, 0.25) is 0 Å². The minimum absolute atomic E-state index is 0.857. The zero-order chi connectivity index (χ0) is 35.6. The average Bonchev–Trinajstić information content (AvgIpc) is 3.83. The van der Waals surface area contributed by atoms with Crippen molar-refractivity contribution in [1.29, 1.82) is 0 Å². The molecular weight excluding hydrogens is 657 g/mol. The van der Waals surface area contributed by atoms with E-state index in [1.165, 1.54) is 11.1 Å². The molecule has 0 N–H and O–H groups in total. The van der Waals surface area contributed by atoms with Crippen LogP contribution in [-0.4, -0.2) is 0 Å². The molecule has 0 saturated carbocycles. The molecule has 0 aliphatic rings. The maximum absolute atomic E-state index is 7.02. The predicted molar refractivity (Wildman–Crippen MR) is 226 cm³/mol. The lowest BCUT2D eigenvalue weighted by atomic mass is 9.86. The molecule has 0 fully saturated rings. The minimum Gasteiger partial charge on any atom is -0.455 e. The van der Waals surface area contributed by atoms with Crippen LogP contribution in [0.3, 0.4) is 0 Å². The molecule has 0 atom stereocenters. The SMILES string of the molecule is c1ccc(-c2cc(-c3ccccc3)cc(-c3c4ccccc4c(-c4cccc5c4oc4c(-c6ccccc6)cccc45)c4c3oc3ccccc34)c2)cc1. The number of para-hydroxylation sites is 3. The Balaban J connectivity index is 1.26. The van der Waals surface area contributed by atoms with Crippen LogP contribution in [0.2, 0.25) is 0 Å². The van der Waals surface area contributed by atoms with Gasteiger partial charge in [0.1, 0.15) is 22.3 Å². The third kappa shape index (κ3) is 4.74. The maximum Gasteiger partial charge on any atom is 0.144 e. The first-order valence-electron chi connectivity index (χ1n) is 18.4. The molecule has 0 radical (unpaired) electrons. The van der Waals surface area contributed by atoms with Gasteiger partial charge in [-0.05, 0) is 68.4 Å². The largest absolute Gasteiger partial charge is 0.455 e. The maximum atomic E-state index is 7.02. The van der Waals surface area contributed by atoms with Gasteiger partial charge in [0.05, 0.1) is 0 Å². The summed E-state index contributed by atoms with van der Waals surface area (Å²) in [5, 5.41) is 6.64. The van der Waals surface area contributed by atoms with E-state index in [9.17, 15) is 0 Å². The van der Waals surface area contributed by atoms with Gasteiger partial charge in [-0.3, -0.25) is 0 Å². The number of hydrogen-bond acceptors (Lipinski definition) is 2. The zero-order valence-corrected chi connectivity index (χ0v) is 29.3. The molecule has 11 rings (SSSR count). The topological polar surface area (TPSA) is 26.3 Å². The predicted octanol–water partition coefficient (Wildman–Crippen LogP) is 15.0. The van der Waals surface area contributed by atoms with Gasteiger partial charge in [0.15, 0.2) is 0 Å². The van der Waals surface area contributed by atoms with E-state index < -0.39 is 0 Å². The first kappa shape index (κ1) is 30.5. The summed E-state index contributed by atoms with van der Waals surface area (Å²) in [6, 6.07) is 68.9. The van der Waals surface area contributed by atoms with Crippen LogP contribution >= 0.6 is 0 Å². The highest BCUT2D eigenvalue weighted by Gasteiger charge is 2.25. The normalized spacial score (nSPS) is 11.7. The zero-order valence-electron chi connectivity index (χ0n) is 29.3. The van der Waals surface area contributed by atoms with E-state index in [1.807, 2.05) is 0 Å². The molecule has 252 valence electrons. The molecule has 9 aromatic carbocycles. The first-order chi connectivity index (χ1) is 26.8. The highest BCUT2D eigenvalue weighted by Crippen LogP contribution is 2.50. The van der Waals surface area contributed by atoms with Crippen LogP contribution in [0.5, 0.6) is 0 Å². The summed E-state index contributed by atoms with van der Waals surface area (Å²) >= 11 is 0. The van der Waals surface area contributed by atoms with Crippen molar-refractivity contribution in [3.63, 3.8) is 0 Å². The van der Waals surface area contributed by atoms with E-state index >= 15 is 0 Å². The first-order valence-corrected chi connectivity index (χ1v) is 18.4. The molecule has 0 saturated heterocycles. The molecule has 2 heterocycles. The van der Waals surface area contributed by atoms with Gasteiger partial charge in [-0.15, -0.1) is 0 Å². The van der Waals surface area contributed by atoms with Crippen molar-refractivity contribution in [2.75, 3.05) is 0 Å². The second kappa shape index (κ2) is 12.2. The van der Waals surface area contributed by atoms with Gasteiger partial charge < -0.3 is 8.83 Å². The van der Waals surface area contributed by atoms with Gasteiger partial charge in [0, 0.05) is 43.8 Å². The summed E-state index contributed by atoms with van der Waals surface area (Å²) in [6.45, 7) is 0. The van der Waals surface area contributed by atoms with Crippen LogP contribution in [0.1, 0.15) is 0 Å². The van der Waals surface area contributed by atoms with Gasteiger partial charge in [-0.25, -0.2) is 0 Å². The lowest BCUT2D eigenvalue weighted by Gasteiger charge is -2.17. The van der Waals surface area contributed by atoms with Crippen molar-refractivity contribution in [3.8, 4) is 55.6 Å². The Labute approximate surface area is 312 Å². The molecular formula is C52H32O2. The third-order valence-electron chi connectivity index (χ3n) is 10.9. The Kier molecular flexibility index (Phi) is 6.90. The van der Waals surface area contributed by atoms with Gasteiger partial charge in [-0.1, -0.05) is 170 Å². The Morgan fingerprint density at radius 3 is 1.35 bits per heavy atom. The quantitative estimate of drug-likeness (QED) is 0.180. The van der Waals surface area contributed by atoms with Gasteiger partial charge >= 0.3 is 0 Å². The van der Waals surface area contributed by atoms with Crippen LogP contribution in [0.4, 0.5) is 0 Å². The van der Waals surface area contributed by atoms with Crippen LogP contribution in [-0.2, 0) is 0 Å². The molecule has 0 amide bonds. The smallest absolute Gasteiger partial charge is 0.144 e. The van der Waals surface area contributed by atoms with E-state index in [2.05, 4.69) is 194 Å². The van der Waals surface area contributed by atoms with E-state index in [4.69, 9.17) is 8.83 Å². The molecule has 2 nitrogen and oxygen atoms in total. The molecule has 2 heteroatoms. The van der Waals surface area contributed by atoms with E-state index in [0.717, 1.165) is 99.2 Å². The molecule has 11 aromatic rings. The van der Waals surface area contributed by atoms with E-state index in [1.54, 1.807) is 0 Å². The second-order valence-corrected chi connectivity index (χ2v) is 14.0. The number of benzene rings is 9. The van der Waals surface area contributed by atoms with Crippen LogP contribution in [0, 0.1) is 0 Å². The number of furan rings is 2. The lowest BCUT2D eigenvalue weighted by Crippen LogP contribution is -1.91. The Bertz CT molecular complexity index is 3130. The van der Waals surface area contributed by atoms with Crippen molar-refractivity contribution in [1.82, 2.24) is 0 Å². The lowest BCUT2D eigenvalue weighted by molar-refractivity contribution is 0.670. The van der Waals surface area contributed by atoms with E-state index in [-0.39, 0.29) is 0 Å². The Morgan fingerprint density at radius 2 is 0.722 bits per heavy atom. The summed E-state index contributed by atoms with van der Waals surface area (Å²) in [5.41, 5.74) is 14.7. The summed E-state index contributed by atoms with van der Waals surface area (Å²) in [7, 11) is 0.